The van der Waals surface area contributed by atoms with Gasteiger partial charge >= 0.3 is 6.18 Å². The first kappa shape index (κ1) is 13.6. The molecule has 2 rings (SSSR count). The zero-order valence-corrected chi connectivity index (χ0v) is 11.1. The Kier molecular flexibility index (Phi) is 4.11. The molecule has 0 aromatic carbocycles. The fourth-order valence-electron chi connectivity index (χ4n) is 1.80. The molecule has 0 unspecified atom stereocenters. The van der Waals surface area contributed by atoms with Gasteiger partial charge in [0.15, 0.2) is 0 Å². The minimum Gasteiger partial charge on any atom is -0.378 e. The summed E-state index contributed by atoms with van der Waals surface area (Å²) in [6.45, 7) is 1.72. The summed E-state index contributed by atoms with van der Waals surface area (Å²) in [6, 6.07) is 2.48. The lowest BCUT2D eigenvalue weighted by molar-refractivity contribution is -0.137. The number of hydrogen-bond donors (Lipinski definition) is 0. The average Bonchev–Trinajstić information content (AvgIpc) is 2.38. The number of rotatable bonds is 2. The number of alkyl halides is 4. The van der Waals surface area contributed by atoms with Crippen molar-refractivity contribution in [2.45, 2.75) is 11.5 Å². The second-order valence-electron chi connectivity index (χ2n) is 3.90. The lowest BCUT2D eigenvalue weighted by Gasteiger charge is -2.30. The number of halogens is 4. The van der Waals surface area contributed by atoms with Crippen LogP contribution in [0.5, 0.6) is 0 Å². The zero-order valence-electron chi connectivity index (χ0n) is 9.50. The predicted octanol–water partition coefficient (Wildman–Crippen LogP) is 2.83. The maximum absolute atomic E-state index is 12.9. The second-order valence-corrected chi connectivity index (χ2v) is 4.47. The van der Waals surface area contributed by atoms with E-state index in [1.807, 2.05) is 0 Å². The van der Waals surface area contributed by atoms with Crippen molar-refractivity contribution in [1.82, 2.24) is 4.98 Å². The van der Waals surface area contributed by atoms with Gasteiger partial charge in [-0.05, 0) is 12.1 Å². The molecule has 18 heavy (non-hydrogen) atoms. The van der Waals surface area contributed by atoms with Gasteiger partial charge in [-0.2, -0.15) is 13.2 Å². The van der Waals surface area contributed by atoms with Crippen LogP contribution in [0.3, 0.4) is 0 Å². The zero-order chi connectivity index (χ0) is 13.2. The first-order valence-electron chi connectivity index (χ1n) is 5.48. The van der Waals surface area contributed by atoms with Gasteiger partial charge in [0.2, 0.25) is 0 Å². The molecule has 1 aliphatic rings. The third kappa shape index (κ3) is 2.95. The van der Waals surface area contributed by atoms with Crippen molar-refractivity contribution in [3.63, 3.8) is 0 Å². The Labute approximate surface area is 111 Å². The van der Waals surface area contributed by atoms with Crippen molar-refractivity contribution >= 4 is 21.7 Å². The number of pyridine rings is 1. The molecule has 1 saturated heterocycles. The third-order valence-electron chi connectivity index (χ3n) is 2.69. The van der Waals surface area contributed by atoms with Crippen LogP contribution in [0.2, 0.25) is 0 Å². The van der Waals surface area contributed by atoms with Crippen molar-refractivity contribution < 1.29 is 17.9 Å². The highest BCUT2D eigenvalue weighted by Gasteiger charge is 2.36. The van der Waals surface area contributed by atoms with Gasteiger partial charge in [0.25, 0.3) is 0 Å². The fraction of sp³-hybridized carbons (Fsp3) is 0.545. The highest BCUT2D eigenvalue weighted by molar-refractivity contribution is 9.08. The summed E-state index contributed by atoms with van der Waals surface area (Å²) in [4.78, 5) is 5.71. The van der Waals surface area contributed by atoms with Crippen LogP contribution >= 0.6 is 15.9 Å². The molecule has 0 atom stereocenters. The van der Waals surface area contributed by atoms with Crippen molar-refractivity contribution in [1.29, 1.82) is 0 Å². The van der Waals surface area contributed by atoms with Crippen molar-refractivity contribution in [2.75, 3.05) is 31.2 Å². The molecule has 0 bridgehead atoms. The molecule has 2 heterocycles. The van der Waals surface area contributed by atoms with Crippen LogP contribution in [0, 0.1) is 0 Å². The Morgan fingerprint density at radius 1 is 1.28 bits per heavy atom. The summed E-state index contributed by atoms with van der Waals surface area (Å²) >= 11 is 3.20. The Morgan fingerprint density at radius 2 is 1.94 bits per heavy atom. The minimum atomic E-state index is -4.38. The number of nitrogens with zero attached hydrogens (tertiary/aromatic N) is 2. The van der Waals surface area contributed by atoms with Gasteiger partial charge in [-0.1, -0.05) is 15.9 Å². The topological polar surface area (TPSA) is 25.4 Å². The van der Waals surface area contributed by atoms with Crippen molar-refractivity contribution in [2.24, 2.45) is 0 Å². The smallest absolute Gasteiger partial charge is 0.378 e. The molecule has 0 amide bonds. The SMILES string of the molecule is FC(F)(F)c1ccc(CBr)nc1N1CCOCC1. The van der Waals surface area contributed by atoms with E-state index in [0.717, 1.165) is 6.07 Å². The number of morpholine rings is 1. The van der Waals surface area contributed by atoms with E-state index in [9.17, 15) is 13.2 Å². The van der Waals surface area contributed by atoms with E-state index in [1.54, 1.807) is 4.90 Å². The molecular formula is C11H12BrF3N2O. The highest BCUT2D eigenvalue weighted by atomic mass is 79.9. The van der Waals surface area contributed by atoms with Crippen LogP contribution in [0.1, 0.15) is 11.3 Å². The van der Waals surface area contributed by atoms with Gasteiger partial charge in [-0.3, -0.25) is 0 Å². The third-order valence-corrected chi connectivity index (χ3v) is 3.26. The van der Waals surface area contributed by atoms with Crippen LogP contribution in [-0.4, -0.2) is 31.3 Å². The average molecular weight is 325 g/mol. The molecule has 0 N–H and O–H groups in total. The van der Waals surface area contributed by atoms with Gasteiger partial charge in [0.1, 0.15) is 5.82 Å². The Hall–Kier alpha value is -0.820. The van der Waals surface area contributed by atoms with E-state index in [2.05, 4.69) is 20.9 Å². The Balaban J connectivity index is 2.40. The molecule has 0 saturated carbocycles. The molecule has 100 valence electrons. The summed E-state index contributed by atoms with van der Waals surface area (Å²) in [7, 11) is 0. The maximum Gasteiger partial charge on any atom is 0.419 e. The second kappa shape index (κ2) is 5.44. The van der Waals surface area contributed by atoms with Gasteiger partial charge in [0.05, 0.1) is 24.5 Å². The van der Waals surface area contributed by atoms with Crippen LogP contribution < -0.4 is 4.90 Å². The molecule has 3 nitrogen and oxygen atoms in total. The van der Waals surface area contributed by atoms with Crippen LogP contribution in [0.4, 0.5) is 19.0 Å². The molecule has 0 spiro atoms. The molecule has 7 heteroatoms. The molecule has 0 radical (unpaired) electrons. The monoisotopic (exact) mass is 324 g/mol. The van der Waals surface area contributed by atoms with E-state index in [0.29, 0.717) is 37.3 Å². The van der Waals surface area contributed by atoms with E-state index in [-0.39, 0.29) is 5.82 Å². The predicted molar refractivity (Wildman–Crippen MR) is 64.9 cm³/mol. The first-order valence-corrected chi connectivity index (χ1v) is 6.60. The summed E-state index contributed by atoms with van der Waals surface area (Å²) in [5.41, 5.74) is -0.0985. The van der Waals surface area contributed by atoms with E-state index < -0.39 is 11.7 Å². The molecular weight excluding hydrogens is 313 g/mol. The maximum atomic E-state index is 12.9. The standard InChI is InChI=1S/C11H12BrF3N2O/c12-7-8-1-2-9(11(13,14)15)10(16-8)17-3-5-18-6-4-17/h1-2H,3-7H2. The van der Waals surface area contributed by atoms with E-state index >= 15 is 0 Å². The van der Waals surface area contributed by atoms with E-state index in [4.69, 9.17) is 4.74 Å². The van der Waals surface area contributed by atoms with Gasteiger partial charge < -0.3 is 9.64 Å². The number of anilines is 1. The molecule has 1 aromatic rings. The molecule has 1 aliphatic heterocycles. The molecule has 0 aliphatic carbocycles. The largest absolute Gasteiger partial charge is 0.419 e. The minimum absolute atomic E-state index is 0.00255. The quantitative estimate of drug-likeness (QED) is 0.782. The number of aromatic nitrogens is 1. The Bertz CT molecular complexity index is 419. The normalized spacial score (nSPS) is 17.0. The summed E-state index contributed by atoms with van der Waals surface area (Å²) < 4.78 is 43.9. The first-order chi connectivity index (χ1) is 8.52. The van der Waals surface area contributed by atoms with Gasteiger partial charge in [-0.15, -0.1) is 0 Å². The van der Waals surface area contributed by atoms with Crippen LogP contribution in [0.15, 0.2) is 12.1 Å². The van der Waals surface area contributed by atoms with Crippen LogP contribution in [0.25, 0.3) is 0 Å². The Morgan fingerprint density at radius 3 is 2.50 bits per heavy atom. The lowest BCUT2D eigenvalue weighted by Crippen LogP contribution is -2.38. The van der Waals surface area contributed by atoms with Gasteiger partial charge in [-0.25, -0.2) is 4.98 Å². The number of ether oxygens (including phenoxy) is 1. The lowest BCUT2D eigenvalue weighted by atomic mass is 10.2. The van der Waals surface area contributed by atoms with E-state index in [1.165, 1.54) is 6.07 Å². The number of hydrogen-bond acceptors (Lipinski definition) is 3. The van der Waals surface area contributed by atoms with Crippen molar-refractivity contribution in [3.05, 3.63) is 23.4 Å². The fourth-order valence-corrected chi connectivity index (χ4v) is 2.11. The molecule has 1 aromatic heterocycles. The molecule has 1 fully saturated rings. The highest BCUT2D eigenvalue weighted by Crippen LogP contribution is 2.36. The summed E-state index contributed by atoms with van der Waals surface area (Å²) in [6.07, 6.45) is -4.38. The van der Waals surface area contributed by atoms with Crippen molar-refractivity contribution in [3.8, 4) is 0 Å². The van der Waals surface area contributed by atoms with Gasteiger partial charge in [0, 0.05) is 18.4 Å². The summed E-state index contributed by atoms with van der Waals surface area (Å²) in [5, 5.41) is 0.433. The summed E-state index contributed by atoms with van der Waals surface area (Å²) in [5.74, 6) is 0.00255. The van der Waals surface area contributed by atoms with Crippen LogP contribution in [-0.2, 0) is 16.2 Å².